The van der Waals surface area contributed by atoms with Gasteiger partial charge >= 0.3 is 0 Å². The number of rotatable bonds is 2. The van der Waals surface area contributed by atoms with Gasteiger partial charge in [-0.25, -0.2) is 9.97 Å². The highest BCUT2D eigenvalue weighted by molar-refractivity contribution is 6.29. The minimum Gasteiger partial charge on any atom is -0.497 e. The van der Waals surface area contributed by atoms with Crippen LogP contribution in [0.5, 0.6) is 5.75 Å². The first kappa shape index (κ1) is 14.0. The molecule has 2 heterocycles. The molecule has 0 bridgehead atoms. The lowest BCUT2D eigenvalue weighted by molar-refractivity contribution is 0.415. The second kappa shape index (κ2) is 5.21. The second-order valence-corrected chi connectivity index (χ2v) is 5.64. The van der Waals surface area contributed by atoms with Crippen LogP contribution in [-0.4, -0.2) is 26.7 Å². The van der Waals surface area contributed by atoms with Crippen molar-refractivity contribution in [2.45, 2.75) is 6.92 Å². The van der Waals surface area contributed by atoms with E-state index < -0.39 is 0 Å². The van der Waals surface area contributed by atoms with Crippen molar-refractivity contribution in [1.82, 2.24) is 19.6 Å². The van der Waals surface area contributed by atoms with Crippen molar-refractivity contribution < 1.29 is 4.74 Å². The zero-order valence-corrected chi connectivity index (χ0v) is 13.4. The van der Waals surface area contributed by atoms with Gasteiger partial charge in [0, 0.05) is 10.9 Å². The second-order valence-electron chi connectivity index (χ2n) is 5.30. The van der Waals surface area contributed by atoms with Crippen LogP contribution < -0.4 is 4.74 Å². The van der Waals surface area contributed by atoms with Crippen LogP contribution >= 0.6 is 11.6 Å². The molecule has 0 amide bonds. The van der Waals surface area contributed by atoms with Gasteiger partial charge in [0.2, 0.25) is 5.28 Å². The molecule has 6 heteroatoms. The van der Waals surface area contributed by atoms with E-state index >= 15 is 0 Å². The summed E-state index contributed by atoms with van der Waals surface area (Å²) < 4.78 is 6.74. The Kier molecular flexibility index (Phi) is 3.16. The Hall–Kier alpha value is -2.66. The zero-order chi connectivity index (χ0) is 16.0. The lowest BCUT2D eigenvalue weighted by Gasteiger charge is -2.01. The number of hydrogen-bond donors (Lipinski definition) is 0. The summed E-state index contributed by atoms with van der Waals surface area (Å²) in [5.41, 5.74) is 3.54. The van der Waals surface area contributed by atoms with Gasteiger partial charge in [0.25, 0.3) is 0 Å². The highest BCUT2D eigenvalue weighted by Gasteiger charge is 2.13. The largest absolute Gasteiger partial charge is 0.497 e. The summed E-state index contributed by atoms with van der Waals surface area (Å²) >= 11 is 6.27. The molecule has 5 nitrogen and oxygen atoms in total. The van der Waals surface area contributed by atoms with Crippen LogP contribution in [0.15, 0.2) is 42.5 Å². The third-order valence-electron chi connectivity index (χ3n) is 3.74. The minimum atomic E-state index is 0.297. The van der Waals surface area contributed by atoms with E-state index in [1.165, 1.54) is 0 Å². The average molecular weight is 325 g/mol. The maximum atomic E-state index is 6.27. The number of halogens is 1. The number of aryl methyl sites for hydroxylation is 1. The Bertz CT molecular complexity index is 1020. The number of ether oxygens (including phenoxy) is 1. The van der Waals surface area contributed by atoms with Crippen LogP contribution in [-0.2, 0) is 0 Å². The Labute approximate surface area is 137 Å². The summed E-state index contributed by atoms with van der Waals surface area (Å²) in [6.45, 7) is 2.02. The van der Waals surface area contributed by atoms with Gasteiger partial charge in [-0.2, -0.15) is 4.52 Å². The van der Waals surface area contributed by atoms with Crippen LogP contribution in [0.25, 0.3) is 27.9 Å². The number of methoxy groups -OCH3 is 1. The predicted octanol–water partition coefficient (Wildman–Crippen LogP) is 3.91. The monoisotopic (exact) mass is 324 g/mol. The Morgan fingerprint density at radius 3 is 2.57 bits per heavy atom. The van der Waals surface area contributed by atoms with Crippen molar-refractivity contribution in [3.63, 3.8) is 0 Å². The molecule has 0 aliphatic carbocycles. The molecule has 0 aliphatic heterocycles. The van der Waals surface area contributed by atoms with Gasteiger partial charge in [0.05, 0.1) is 12.6 Å². The molecular formula is C17H13ClN4O. The molecule has 0 fully saturated rings. The topological polar surface area (TPSA) is 52.3 Å². The van der Waals surface area contributed by atoms with Crippen LogP contribution in [0.2, 0.25) is 5.28 Å². The maximum absolute atomic E-state index is 6.27. The summed E-state index contributed by atoms with van der Waals surface area (Å²) in [5.74, 6) is 1.39. The number of aromatic nitrogens is 4. The van der Waals surface area contributed by atoms with Gasteiger partial charge in [0.15, 0.2) is 11.5 Å². The van der Waals surface area contributed by atoms with Crippen molar-refractivity contribution in [3.8, 4) is 17.1 Å². The number of fused-ring (bicyclic) bond motifs is 3. The third kappa shape index (κ3) is 2.29. The fourth-order valence-electron chi connectivity index (χ4n) is 2.55. The molecule has 0 unspecified atom stereocenters. The highest BCUT2D eigenvalue weighted by atomic mass is 35.5. The van der Waals surface area contributed by atoms with Crippen molar-refractivity contribution in [3.05, 3.63) is 53.3 Å². The molecule has 23 heavy (non-hydrogen) atoms. The van der Waals surface area contributed by atoms with Gasteiger partial charge in [-0.15, -0.1) is 5.10 Å². The first-order valence-electron chi connectivity index (χ1n) is 7.13. The van der Waals surface area contributed by atoms with E-state index in [0.717, 1.165) is 27.8 Å². The molecule has 0 atom stereocenters. The van der Waals surface area contributed by atoms with E-state index in [0.29, 0.717) is 16.8 Å². The standard InChI is InChI=1S/C17H13ClN4O/c1-10-3-8-13-14(9-10)19-17(18)22-16(13)20-15(21-22)11-4-6-12(23-2)7-5-11/h3-9H,1-2H3. The van der Waals surface area contributed by atoms with Gasteiger partial charge in [-0.05, 0) is 60.5 Å². The molecule has 0 saturated carbocycles. The van der Waals surface area contributed by atoms with Gasteiger partial charge < -0.3 is 4.74 Å². The molecular weight excluding hydrogens is 312 g/mol. The van der Waals surface area contributed by atoms with Gasteiger partial charge in [-0.1, -0.05) is 6.07 Å². The molecule has 0 N–H and O–H groups in total. The minimum absolute atomic E-state index is 0.297. The third-order valence-corrected chi connectivity index (χ3v) is 3.98. The zero-order valence-electron chi connectivity index (χ0n) is 12.6. The molecule has 0 radical (unpaired) electrons. The first-order chi connectivity index (χ1) is 11.2. The SMILES string of the molecule is COc1ccc(-c2nc3c4ccc(C)cc4nc(Cl)n3n2)cc1. The highest BCUT2D eigenvalue weighted by Crippen LogP contribution is 2.25. The first-order valence-corrected chi connectivity index (χ1v) is 7.50. The Morgan fingerprint density at radius 1 is 1.04 bits per heavy atom. The van der Waals surface area contributed by atoms with Crippen molar-refractivity contribution in [2.75, 3.05) is 7.11 Å². The van der Waals surface area contributed by atoms with Crippen LogP contribution in [0.1, 0.15) is 5.56 Å². The van der Waals surface area contributed by atoms with Crippen LogP contribution in [0, 0.1) is 6.92 Å². The van der Waals surface area contributed by atoms with Crippen molar-refractivity contribution in [2.24, 2.45) is 0 Å². The number of nitrogens with zero attached hydrogens (tertiary/aromatic N) is 4. The average Bonchev–Trinajstić information content (AvgIpc) is 3.01. The summed E-state index contributed by atoms with van der Waals surface area (Å²) in [6.07, 6.45) is 0. The van der Waals surface area contributed by atoms with Crippen LogP contribution in [0.4, 0.5) is 0 Å². The summed E-state index contributed by atoms with van der Waals surface area (Å²) in [4.78, 5) is 9.05. The lowest BCUT2D eigenvalue weighted by atomic mass is 10.2. The van der Waals surface area contributed by atoms with Crippen molar-refractivity contribution in [1.29, 1.82) is 0 Å². The summed E-state index contributed by atoms with van der Waals surface area (Å²) in [6, 6.07) is 13.6. The molecule has 4 rings (SSSR count). The predicted molar refractivity (Wildman–Crippen MR) is 90.0 cm³/mol. The van der Waals surface area contributed by atoms with E-state index in [1.54, 1.807) is 11.6 Å². The normalized spacial score (nSPS) is 11.3. The summed E-state index contributed by atoms with van der Waals surface area (Å²) in [5, 5.41) is 5.70. The number of hydrogen-bond acceptors (Lipinski definition) is 4. The molecule has 114 valence electrons. The molecule has 0 aliphatic rings. The fraction of sp³-hybridized carbons (Fsp3) is 0.118. The maximum Gasteiger partial charge on any atom is 0.226 e. The molecule has 0 saturated heterocycles. The molecule has 2 aromatic heterocycles. The molecule has 0 spiro atoms. The quantitative estimate of drug-likeness (QED) is 0.524. The van der Waals surface area contributed by atoms with E-state index in [-0.39, 0.29) is 0 Å². The van der Waals surface area contributed by atoms with Gasteiger partial charge in [-0.3, -0.25) is 0 Å². The van der Waals surface area contributed by atoms with Gasteiger partial charge in [0.1, 0.15) is 5.75 Å². The van der Waals surface area contributed by atoms with E-state index in [1.807, 2.05) is 49.4 Å². The van der Waals surface area contributed by atoms with Crippen molar-refractivity contribution >= 4 is 28.2 Å². The molecule has 2 aromatic carbocycles. The smallest absolute Gasteiger partial charge is 0.226 e. The van der Waals surface area contributed by atoms with E-state index in [9.17, 15) is 0 Å². The summed E-state index contributed by atoms with van der Waals surface area (Å²) in [7, 11) is 1.64. The lowest BCUT2D eigenvalue weighted by Crippen LogP contribution is -1.95. The Morgan fingerprint density at radius 2 is 1.83 bits per heavy atom. The fourth-order valence-corrected chi connectivity index (χ4v) is 2.76. The van der Waals surface area contributed by atoms with E-state index in [2.05, 4.69) is 15.1 Å². The Balaban J connectivity index is 1.95. The number of benzene rings is 2. The van der Waals surface area contributed by atoms with Crippen LogP contribution in [0.3, 0.4) is 0 Å². The van der Waals surface area contributed by atoms with E-state index in [4.69, 9.17) is 16.3 Å². The molecule has 4 aromatic rings.